The molecule has 2 unspecified atom stereocenters. The van der Waals surface area contributed by atoms with E-state index < -0.39 is 0 Å². The van der Waals surface area contributed by atoms with E-state index in [4.69, 9.17) is 4.74 Å². The quantitative estimate of drug-likeness (QED) is 0.616. The zero-order valence-corrected chi connectivity index (χ0v) is 14.2. The molecule has 0 spiro atoms. The van der Waals surface area contributed by atoms with Crippen molar-refractivity contribution in [2.75, 3.05) is 13.2 Å². The van der Waals surface area contributed by atoms with Gasteiger partial charge in [0.1, 0.15) is 0 Å². The van der Waals surface area contributed by atoms with Gasteiger partial charge < -0.3 is 9.64 Å². The van der Waals surface area contributed by atoms with Crippen LogP contribution in [0, 0.1) is 18.8 Å². The van der Waals surface area contributed by atoms with Crippen molar-refractivity contribution in [3.63, 3.8) is 0 Å². The molecule has 1 aliphatic carbocycles. The monoisotopic (exact) mass is 327 g/mol. The minimum absolute atomic E-state index is 0.0399. The Balaban J connectivity index is 1.49. The predicted molar refractivity (Wildman–Crippen MR) is 92.1 cm³/mol. The lowest BCUT2D eigenvalue weighted by Gasteiger charge is -2.19. The second kappa shape index (κ2) is 7.65. The van der Waals surface area contributed by atoms with Crippen LogP contribution in [-0.4, -0.2) is 29.9 Å². The standard InChI is InChI=1S/C20H25NO3/c1-15-7-9-16(10-8-15)12-21-13-18(11-19(21)22)20(23)24-14-17-5-3-2-4-6-17/h2-3,7-10,17-18H,4-6,11-14H2,1H3. The molecule has 4 nitrogen and oxygen atoms in total. The number of aryl methyl sites for hydroxylation is 1. The fraction of sp³-hybridized carbons (Fsp3) is 0.500. The van der Waals surface area contributed by atoms with Gasteiger partial charge in [0.15, 0.2) is 0 Å². The van der Waals surface area contributed by atoms with Gasteiger partial charge in [-0.3, -0.25) is 9.59 Å². The average molecular weight is 327 g/mol. The van der Waals surface area contributed by atoms with Crippen LogP contribution < -0.4 is 0 Å². The van der Waals surface area contributed by atoms with E-state index in [0.29, 0.717) is 25.6 Å². The fourth-order valence-electron chi connectivity index (χ4n) is 3.32. The third-order valence-corrected chi connectivity index (χ3v) is 4.88. The zero-order valence-electron chi connectivity index (χ0n) is 14.2. The molecule has 0 aromatic heterocycles. The molecule has 4 heteroatoms. The Kier molecular flexibility index (Phi) is 5.34. The number of ether oxygens (including phenoxy) is 1. The number of nitrogens with zero attached hydrogens (tertiary/aromatic N) is 1. The summed E-state index contributed by atoms with van der Waals surface area (Å²) in [5.74, 6) is -0.0655. The molecule has 1 heterocycles. The first-order valence-electron chi connectivity index (χ1n) is 8.77. The number of amides is 1. The number of benzene rings is 1. The van der Waals surface area contributed by atoms with Gasteiger partial charge in [-0.1, -0.05) is 42.0 Å². The number of esters is 1. The Hall–Kier alpha value is -2.10. The highest BCUT2D eigenvalue weighted by molar-refractivity contribution is 5.86. The normalized spacial score (nSPS) is 23.5. The van der Waals surface area contributed by atoms with Crippen LogP contribution in [0.3, 0.4) is 0 Å². The van der Waals surface area contributed by atoms with Crippen molar-refractivity contribution in [1.82, 2.24) is 4.90 Å². The van der Waals surface area contributed by atoms with Gasteiger partial charge in [0.2, 0.25) is 5.91 Å². The molecular weight excluding hydrogens is 302 g/mol. The molecule has 1 amide bonds. The van der Waals surface area contributed by atoms with Crippen molar-refractivity contribution in [3.8, 4) is 0 Å². The molecular formula is C20H25NO3. The van der Waals surface area contributed by atoms with Gasteiger partial charge in [-0.2, -0.15) is 0 Å². The lowest BCUT2D eigenvalue weighted by atomic mass is 9.95. The minimum Gasteiger partial charge on any atom is -0.465 e. The molecule has 1 aromatic rings. The maximum atomic E-state index is 12.3. The zero-order chi connectivity index (χ0) is 16.9. The summed E-state index contributed by atoms with van der Waals surface area (Å²) < 4.78 is 5.48. The fourth-order valence-corrected chi connectivity index (χ4v) is 3.32. The van der Waals surface area contributed by atoms with Crippen LogP contribution in [0.2, 0.25) is 0 Å². The number of carbonyl (C=O) groups is 2. The summed E-state index contributed by atoms with van der Waals surface area (Å²) in [6, 6.07) is 8.15. The summed E-state index contributed by atoms with van der Waals surface area (Å²) in [4.78, 5) is 26.2. The van der Waals surface area contributed by atoms with Gasteiger partial charge in [0.25, 0.3) is 0 Å². The Morgan fingerprint density at radius 2 is 2.04 bits per heavy atom. The van der Waals surface area contributed by atoms with E-state index in [1.54, 1.807) is 4.90 Å². The predicted octanol–water partition coefficient (Wildman–Crippen LogP) is 3.24. The van der Waals surface area contributed by atoms with Crippen LogP contribution in [0.5, 0.6) is 0 Å². The van der Waals surface area contributed by atoms with Crippen LogP contribution in [0.4, 0.5) is 0 Å². The number of allylic oxidation sites excluding steroid dienone is 2. The van der Waals surface area contributed by atoms with E-state index in [0.717, 1.165) is 24.8 Å². The summed E-state index contributed by atoms with van der Waals surface area (Å²) >= 11 is 0. The van der Waals surface area contributed by atoms with E-state index in [-0.39, 0.29) is 24.2 Å². The molecule has 0 saturated carbocycles. The third kappa shape index (κ3) is 4.25. The first-order chi connectivity index (χ1) is 11.6. The van der Waals surface area contributed by atoms with Crippen LogP contribution in [0.25, 0.3) is 0 Å². The van der Waals surface area contributed by atoms with Crippen LogP contribution in [0.1, 0.15) is 36.8 Å². The van der Waals surface area contributed by atoms with Crippen molar-refractivity contribution >= 4 is 11.9 Å². The first-order valence-corrected chi connectivity index (χ1v) is 8.77. The Morgan fingerprint density at radius 1 is 1.25 bits per heavy atom. The number of rotatable bonds is 5. The summed E-state index contributed by atoms with van der Waals surface area (Å²) in [5, 5.41) is 0. The van der Waals surface area contributed by atoms with Crippen LogP contribution >= 0.6 is 0 Å². The number of hydrogen-bond acceptors (Lipinski definition) is 3. The van der Waals surface area contributed by atoms with E-state index >= 15 is 0 Å². The summed E-state index contributed by atoms with van der Waals surface area (Å²) in [6.07, 6.45) is 7.73. The molecule has 1 fully saturated rings. The molecule has 0 bridgehead atoms. The van der Waals surface area contributed by atoms with Gasteiger partial charge in [-0.15, -0.1) is 0 Å². The Morgan fingerprint density at radius 3 is 2.75 bits per heavy atom. The number of likely N-dealkylation sites (tertiary alicyclic amines) is 1. The van der Waals surface area contributed by atoms with Crippen LogP contribution in [-0.2, 0) is 20.9 Å². The molecule has 1 aromatic carbocycles. The maximum Gasteiger partial charge on any atom is 0.311 e. The molecule has 2 atom stereocenters. The lowest BCUT2D eigenvalue weighted by molar-refractivity contribution is -0.149. The van der Waals surface area contributed by atoms with Gasteiger partial charge in [-0.05, 0) is 37.7 Å². The SMILES string of the molecule is Cc1ccc(CN2CC(C(=O)OCC3CC=CCC3)CC2=O)cc1. The van der Waals surface area contributed by atoms with Gasteiger partial charge in [0, 0.05) is 19.5 Å². The topological polar surface area (TPSA) is 46.6 Å². The Labute approximate surface area is 143 Å². The largest absolute Gasteiger partial charge is 0.465 e. The minimum atomic E-state index is -0.318. The highest BCUT2D eigenvalue weighted by Gasteiger charge is 2.35. The van der Waals surface area contributed by atoms with E-state index in [1.807, 2.05) is 31.2 Å². The summed E-state index contributed by atoms with van der Waals surface area (Å²) in [7, 11) is 0. The van der Waals surface area contributed by atoms with Crippen molar-refractivity contribution < 1.29 is 14.3 Å². The number of carbonyl (C=O) groups excluding carboxylic acids is 2. The van der Waals surface area contributed by atoms with E-state index in [9.17, 15) is 9.59 Å². The molecule has 2 aliphatic rings. The average Bonchev–Trinajstić information content (AvgIpc) is 2.96. The third-order valence-electron chi connectivity index (χ3n) is 4.88. The molecule has 0 N–H and O–H groups in total. The highest BCUT2D eigenvalue weighted by Crippen LogP contribution is 2.23. The van der Waals surface area contributed by atoms with Crippen molar-refractivity contribution in [1.29, 1.82) is 0 Å². The van der Waals surface area contributed by atoms with E-state index in [1.165, 1.54) is 5.56 Å². The highest BCUT2D eigenvalue weighted by atomic mass is 16.5. The first kappa shape index (κ1) is 16.7. The van der Waals surface area contributed by atoms with Crippen LogP contribution in [0.15, 0.2) is 36.4 Å². The van der Waals surface area contributed by atoms with E-state index in [2.05, 4.69) is 12.2 Å². The maximum absolute atomic E-state index is 12.3. The van der Waals surface area contributed by atoms with Crippen molar-refractivity contribution in [2.24, 2.45) is 11.8 Å². The van der Waals surface area contributed by atoms with Gasteiger partial charge in [-0.25, -0.2) is 0 Å². The molecule has 0 radical (unpaired) electrons. The smallest absolute Gasteiger partial charge is 0.311 e. The van der Waals surface area contributed by atoms with Gasteiger partial charge >= 0.3 is 5.97 Å². The summed E-state index contributed by atoms with van der Waals surface area (Å²) in [6.45, 7) is 3.55. The molecule has 3 rings (SSSR count). The number of hydrogen-bond donors (Lipinski definition) is 0. The second-order valence-corrected chi connectivity index (χ2v) is 6.94. The van der Waals surface area contributed by atoms with Gasteiger partial charge in [0.05, 0.1) is 12.5 Å². The Bertz CT molecular complexity index is 620. The van der Waals surface area contributed by atoms with Crippen molar-refractivity contribution in [3.05, 3.63) is 47.5 Å². The lowest BCUT2D eigenvalue weighted by Crippen LogP contribution is -2.27. The molecule has 1 saturated heterocycles. The summed E-state index contributed by atoms with van der Waals surface area (Å²) in [5.41, 5.74) is 2.29. The molecule has 24 heavy (non-hydrogen) atoms. The molecule has 1 aliphatic heterocycles. The second-order valence-electron chi connectivity index (χ2n) is 6.94. The molecule has 128 valence electrons. The van der Waals surface area contributed by atoms with Crippen molar-refractivity contribution in [2.45, 2.75) is 39.2 Å².